The van der Waals surface area contributed by atoms with Crippen molar-refractivity contribution in [1.82, 2.24) is 10.6 Å². The highest BCUT2D eigenvalue weighted by Crippen LogP contribution is 1.72. The van der Waals surface area contributed by atoms with Crippen LogP contribution in [0.25, 0.3) is 0 Å². The van der Waals surface area contributed by atoms with Crippen LogP contribution in [0.3, 0.4) is 0 Å². The summed E-state index contributed by atoms with van der Waals surface area (Å²) < 4.78 is 4.41. The Balaban J connectivity index is 3.26. The van der Waals surface area contributed by atoms with E-state index in [4.69, 9.17) is 5.73 Å². The van der Waals surface area contributed by atoms with Crippen LogP contribution < -0.4 is 16.4 Å². The summed E-state index contributed by atoms with van der Waals surface area (Å²) >= 11 is 0. The lowest BCUT2D eigenvalue weighted by atomic mass is 10.5. The molecular weight excluding hydrogens is 186 g/mol. The SMILES string of the molecule is C=CCNCC(=O)NCCOC(N)=O. The molecule has 0 bridgehead atoms. The number of nitrogens with two attached hydrogens (primary N) is 1. The van der Waals surface area contributed by atoms with Gasteiger partial charge < -0.3 is 21.1 Å². The fourth-order valence-corrected chi connectivity index (χ4v) is 0.692. The van der Waals surface area contributed by atoms with Crippen molar-refractivity contribution < 1.29 is 14.3 Å². The monoisotopic (exact) mass is 201 g/mol. The second-order valence-electron chi connectivity index (χ2n) is 2.44. The van der Waals surface area contributed by atoms with E-state index in [0.29, 0.717) is 6.54 Å². The number of primary amides is 1. The molecule has 2 amide bonds. The van der Waals surface area contributed by atoms with Crippen molar-refractivity contribution in [1.29, 1.82) is 0 Å². The zero-order valence-electron chi connectivity index (χ0n) is 7.91. The van der Waals surface area contributed by atoms with Crippen molar-refractivity contribution in [3.8, 4) is 0 Å². The molecule has 0 saturated heterocycles. The Labute approximate surface area is 82.5 Å². The molecule has 0 radical (unpaired) electrons. The normalized spacial score (nSPS) is 9.14. The molecule has 4 N–H and O–H groups in total. The number of carbonyl (C=O) groups is 2. The van der Waals surface area contributed by atoms with Crippen molar-refractivity contribution in [2.24, 2.45) is 5.73 Å². The minimum absolute atomic E-state index is 0.0858. The molecule has 14 heavy (non-hydrogen) atoms. The van der Waals surface area contributed by atoms with Gasteiger partial charge in [-0.25, -0.2) is 4.79 Å². The number of hydrogen-bond donors (Lipinski definition) is 3. The molecule has 80 valence electrons. The van der Waals surface area contributed by atoms with Crippen molar-refractivity contribution >= 4 is 12.0 Å². The lowest BCUT2D eigenvalue weighted by molar-refractivity contribution is -0.120. The van der Waals surface area contributed by atoms with Crippen LogP contribution in [0, 0.1) is 0 Å². The van der Waals surface area contributed by atoms with Gasteiger partial charge in [-0.3, -0.25) is 4.79 Å². The first-order valence-electron chi connectivity index (χ1n) is 4.17. The van der Waals surface area contributed by atoms with Crippen molar-refractivity contribution in [2.45, 2.75) is 0 Å². The van der Waals surface area contributed by atoms with E-state index in [9.17, 15) is 9.59 Å². The topological polar surface area (TPSA) is 93.4 Å². The molecule has 0 heterocycles. The molecule has 0 aromatic heterocycles. The van der Waals surface area contributed by atoms with Gasteiger partial charge in [0.2, 0.25) is 5.91 Å². The number of nitrogens with one attached hydrogen (secondary N) is 2. The Hall–Kier alpha value is -1.56. The van der Waals surface area contributed by atoms with Crippen molar-refractivity contribution in [3.05, 3.63) is 12.7 Å². The van der Waals surface area contributed by atoms with Crippen molar-refractivity contribution in [3.63, 3.8) is 0 Å². The smallest absolute Gasteiger partial charge is 0.404 e. The van der Waals surface area contributed by atoms with Gasteiger partial charge in [0.05, 0.1) is 13.1 Å². The molecule has 0 rings (SSSR count). The Kier molecular flexibility index (Phi) is 7.16. The Bertz CT molecular complexity index is 206. The maximum absolute atomic E-state index is 11.0. The van der Waals surface area contributed by atoms with E-state index in [1.165, 1.54) is 0 Å². The molecule has 0 aliphatic rings. The van der Waals surface area contributed by atoms with Crippen LogP contribution in [0.5, 0.6) is 0 Å². The summed E-state index contributed by atoms with van der Waals surface area (Å²) in [7, 11) is 0. The van der Waals surface area contributed by atoms with E-state index >= 15 is 0 Å². The molecule has 0 aromatic carbocycles. The van der Waals surface area contributed by atoms with Gasteiger partial charge in [-0.2, -0.15) is 0 Å². The minimum Gasteiger partial charge on any atom is -0.448 e. The first-order valence-corrected chi connectivity index (χ1v) is 4.17. The quantitative estimate of drug-likeness (QED) is 0.363. The van der Waals surface area contributed by atoms with Gasteiger partial charge in [-0.15, -0.1) is 6.58 Å². The summed E-state index contributed by atoms with van der Waals surface area (Å²) in [5, 5.41) is 5.35. The molecule has 0 unspecified atom stereocenters. The van der Waals surface area contributed by atoms with Gasteiger partial charge in [0.1, 0.15) is 6.61 Å². The molecule has 0 aromatic rings. The van der Waals surface area contributed by atoms with Gasteiger partial charge in [0, 0.05) is 6.54 Å². The molecular formula is C8H15N3O3. The molecule has 6 nitrogen and oxygen atoms in total. The van der Waals surface area contributed by atoms with Crippen LogP contribution in [0.1, 0.15) is 0 Å². The molecule has 0 saturated carbocycles. The summed E-state index contributed by atoms with van der Waals surface area (Å²) in [6, 6.07) is 0. The fourth-order valence-electron chi connectivity index (χ4n) is 0.692. The molecule has 6 heteroatoms. The molecule has 0 spiro atoms. The zero-order valence-corrected chi connectivity index (χ0v) is 7.91. The predicted molar refractivity (Wildman–Crippen MR) is 51.6 cm³/mol. The van der Waals surface area contributed by atoms with Gasteiger partial charge in [0.25, 0.3) is 0 Å². The third-order valence-corrected chi connectivity index (χ3v) is 1.24. The van der Waals surface area contributed by atoms with Crippen molar-refractivity contribution in [2.75, 3.05) is 26.2 Å². The molecule has 0 aliphatic heterocycles. The highest BCUT2D eigenvalue weighted by atomic mass is 16.5. The first-order chi connectivity index (χ1) is 6.66. The lowest BCUT2D eigenvalue weighted by Gasteiger charge is -2.05. The number of rotatable bonds is 7. The summed E-state index contributed by atoms with van der Waals surface area (Å²) in [5.74, 6) is -0.167. The van der Waals surface area contributed by atoms with Gasteiger partial charge >= 0.3 is 6.09 Å². The number of ether oxygens (including phenoxy) is 1. The number of amides is 2. The van der Waals surface area contributed by atoms with E-state index in [2.05, 4.69) is 21.9 Å². The second kappa shape index (κ2) is 8.06. The van der Waals surface area contributed by atoms with Crippen LogP contribution >= 0.6 is 0 Å². The third-order valence-electron chi connectivity index (χ3n) is 1.24. The largest absolute Gasteiger partial charge is 0.448 e. The van der Waals surface area contributed by atoms with E-state index in [-0.39, 0.29) is 25.6 Å². The lowest BCUT2D eigenvalue weighted by Crippen LogP contribution is -2.36. The molecule has 0 fully saturated rings. The fraction of sp³-hybridized carbons (Fsp3) is 0.500. The van der Waals surface area contributed by atoms with E-state index in [1.807, 2.05) is 0 Å². The number of hydrogen-bond acceptors (Lipinski definition) is 4. The number of carbonyl (C=O) groups excluding carboxylic acids is 2. The predicted octanol–water partition coefficient (Wildman–Crippen LogP) is -1.03. The Morgan fingerprint density at radius 2 is 2.21 bits per heavy atom. The third kappa shape index (κ3) is 8.54. The summed E-state index contributed by atoms with van der Waals surface area (Å²) in [6.07, 6.45) is 0.813. The van der Waals surface area contributed by atoms with Gasteiger partial charge in [-0.05, 0) is 0 Å². The molecule has 0 aliphatic carbocycles. The van der Waals surface area contributed by atoms with Crippen LogP contribution in [-0.4, -0.2) is 38.2 Å². The summed E-state index contributed by atoms with van der Waals surface area (Å²) in [4.78, 5) is 21.1. The van der Waals surface area contributed by atoms with Crippen LogP contribution in [0.15, 0.2) is 12.7 Å². The highest BCUT2D eigenvalue weighted by molar-refractivity contribution is 5.78. The van der Waals surface area contributed by atoms with Crippen LogP contribution in [0.2, 0.25) is 0 Å². The summed E-state index contributed by atoms with van der Waals surface area (Å²) in [6.45, 7) is 4.62. The second-order valence-corrected chi connectivity index (χ2v) is 2.44. The summed E-state index contributed by atoms with van der Waals surface area (Å²) in [5.41, 5.74) is 4.71. The van der Waals surface area contributed by atoms with E-state index in [0.717, 1.165) is 0 Å². The zero-order chi connectivity index (χ0) is 10.8. The Morgan fingerprint density at radius 3 is 2.79 bits per heavy atom. The maximum Gasteiger partial charge on any atom is 0.404 e. The average Bonchev–Trinajstić information content (AvgIpc) is 2.13. The van der Waals surface area contributed by atoms with E-state index in [1.54, 1.807) is 6.08 Å². The Morgan fingerprint density at radius 1 is 1.50 bits per heavy atom. The standard InChI is InChI=1S/C8H15N3O3/c1-2-3-10-6-7(12)11-4-5-14-8(9)13/h2,10H,1,3-6H2,(H2,9,13)(H,11,12). The minimum atomic E-state index is -0.843. The maximum atomic E-state index is 11.0. The van der Waals surface area contributed by atoms with Gasteiger partial charge in [-0.1, -0.05) is 6.08 Å². The van der Waals surface area contributed by atoms with E-state index < -0.39 is 6.09 Å². The highest BCUT2D eigenvalue weighted by Gasteiger charge is 1.99. The first kappa shape index (κ1) is 12.4. The van der Waals surface area contributed by atoms with Crippen LogP contribution in [-0.2, 0) is 9.53 Å². The van der Waals surface area contributed by atoms with Gasteiger partial charge in [0.15, 0.2) is 0 Å². The van der Waals surface area contributed by atoms with Crippen LogP contribution in [0.4, 0.5) is 4.79 Å². The average molecular weight is 201 g/mol. The molecule has 0 atom stereocenters.